The van der Waals surface area contributed by atoms with Crippen molar-refractivity contribution in [3.05, 3.63) is 68.5 Å². The van der Waals surface area contributed by atoms with Crippen LogP contribution in [0, 0.1) is 0 Å². The minimum Gasteiger partial charge on any atom is -0.322 e. The van der Waals surface area contributed by atoms with Gasteiger partial charge >= 0.3 is 5.69 Å². The molecule has 2 heterocycles. The fourth-order valence-corrected chi connectivity index (χ4v) is 3.47. The molecule has 1 aromatic carbocycles. The molecule has 1 aliphatic rings. The van der Waals surface area contributed by atoms with Gasteiger partial charge in [-0.3, -0.25) is 19.1 Å². The number of nitrogens with one attached hydrogen (secondary N) is 2. The number of hydrogen-bond acceptors (Lipinski definition) is 4. The van der Waals surface area contributed by atoms with Crippen LogP contribution in [-0.4, -0.2) is 20.4 Å². The van der Waals surface area contributed by atoms with Crippen LogP contribution in [0.3, 0.4) is 0 Å². The number of carbonyl (C=O) groups excluding carboxylic acids is 1. The van der Waals surface area contributed by atoms with Gasteiger partial charge in [-0.25, -0.2) is 9.78 Å². The number of aromatic amines is 1. The summed E-state index contributed by atoms with van der Waals surface area (Å²) < 4.78 is 1.51. The second-order valence-electron chi connectivity index (χ2n) is 7.56. The largest absolute Gasteiger partial charge is 0.330 e. The van der Waals surface area contributed by atoms with Crippen LogP contribution in [0.2, 0.25) is 0 Å². The quantitative estimate of drug-likeness (QED) is 0.602. The van der Waals surface area contributed by atoms with Crippen LogP contribution in [0.1, 0.15) is 61.0 Å². The molecule has 1 saturated carbocycles. The van der Waals surface area contributed by atoms with Gasteiger partial charge in [0, 0.05) is 17.9 Å². The third-order valence-corrected chi connectivity index (χ3v) is 5.23. The second-order valence-corrected chi connectivity index (χ2v) is 7.56. The molecule has 0 bridgehead atoms. The maximum atomic E-state index is 12.6. The number of rotatable bonds is 7. The highest BCUT2D eigenvalue weighted by Gasteiger charge is 2.27. The van der Waals surface area contributed by atoms with Crippen LogP contribution in [0.5, 0.6) is 0 Å². The Kier molecular flexibility index (Phi) is 5.29. The number of anilines is 1. The molecule has 0 radical (unpaired) electrons. The highest BCUT2D eigenvalue weighted by Crippen LogP contribution is 2.34. The summed E-state index contributed by atoms with van der Waals surface area (Å²) in [7, 11) is 0. The number of unbranched alkanes of at least 4 members (excludes halogenated alkanes) is 2. The molecule has 0 spiro atoms. The Morgan fingerprint density at radius 1 is 1.21 bits per heavy atom. The van der Waals surface area contributed by atoms with E-state index in [1.165, 1.54) is 35.2 Å². The van der Waals surface area contributed by atoms with E-state index in [0.717, 1.165) is 25.7 Å². The Hall–Kier alpha value is -3.22. The number of hydrogen-bond donors (Lipinski definition) is 2. The molecule has 0 atom stereocenters. The summed E-state index contributed by atoms with van der Waals surface area (Å²) in [5, 5.41) is 3.08. The smallest absolute Gasteiger partial charge is 0.322 e. The average molecular weight is 392 g/mol. The Labute approximate surface area is 167 Å². The summed E-state index contributed by atoms with van der Waals surface area (Å²) in [5.41, 5.74) is 1.55. The highest BCUT2D eigenvalue weighted by molar-refractivity contribution is 6.05. The van der Waals surface area contributed by atoms with Crippen molar-refractivity contribution in [2.45, 2.75) is 51.5 Å². The summed E-state index contributed by atoms with van der Waals surface area (Å²) in [5.74, 6) is -0.346. The summed E-state index contributed by atoms with van der Waals surface area (Å²) in [6.07, 6.45) is 7.77. The summed E-state index contributed by atoms with van der Waals surface area (Å²) in [6.45, 7) is 2.18. The zero-order valence-electron chi connectivity index (χ0n) is 16.4. The van der Waals surface area contributed by atoms with E-state index in [2.05, 4.69) is 22.2 Å². The average Bonchev–Trinajstić information content (AvgIpc) is 3.54. The predicted molar refractivity (Wildman–Crippen MR) is 113 cm³/mol. The standard InChI is InChI=1S/C22H24N4O3/c1-2-3-4-5-14-6-8-16(9-7-14)24-20(27)15-12-18-19(23-13-15)26(17-10-11-17)22(29)25-21(18)28/h6-9,12-13,17H,2-5,10-11H2,1H3,(H,24,27)(H,25,28,29). The van der Waals surface area contributed by atoms with Crippen LogP contribution in [0.25, 0.3) is 11.0 Å². The molecular formula is C22H24N4O3. The molecule has 7 nitrogen and oxygen atoms in total. The van der Waals surface area contributed by atoms with Crippen LogP contribution in [-0.2, 0) is 6.42 Å². The SMILES string of the molecule is CCCCCc1ccc(NC(=O)c2cnc3c(c2)c(=O)[nH]c(=O)n3C2CC2)cc1. The Balaban J connectivity index is 1.54. The zero-order chi connectivity index (χ0) is 20.4. The molecule has 1 aliphatic carbocycles. The lowest BCUT2D eigenvalue weighted by molar-refractivity contribution is 0.102. The molecule has 2 aromatic heterocycles. The number of fused-ring (bicyclic) bond motifs is 1. The molecule has 29 heavy (non-hydrogen) atoms. The van der Waals surface area contributed by atoms with E-state index in [1.54, 1.807) is 0 Å². The summed E-state index contributed by atoms with van der Waals surface area (Å²) in [4.78, 5) is 43.5. The monoisotopic (exact) mass is 392 g/mol. The van der Waals surface area contributed by atoms with Crippen molar-refractivity contribution >= 4 is 22.6 Å². The van der Waals surface area contributed by atoms with Gasteiger partial charge in [0.25, 0.3) is 11.5 Å². The number of nitrogens with zero attached hydrogens (tertiary/aromatic N) is 2. The van der Waals surface area contributed by atoms with E-state index in [-0.39, 0.29) is 22.9 Å². The maximum Gasteiger partial charge on any atom is 0.330 e. The number of H-pyrrole nitrogens is 1. The molecule has 3 aromatic rings. The van der Waals surface area contributed by atoms with Crippen molar-refractivity contribution in [1.82, 2.24) is 14.5 Å². The van der Waals surface area contributed by atoms with Gasteiger partial charge < -0.3 is 5.32 Å². The van der Waals surface area contributed by atoms with Crippen LogP contribution >= 0.6 is 0 Å². The first-order valence-electron chi connectivity index (χ1n) is 10.1. The molecular weight excluding hydrogens is 368 g/mol. The fraction of sp³-hybridized carbons (Fsp3) is 0.364. The number of pyridine rings is 1. The van der Waals surface area contributed by atoms with Crippen molar-refractivity contribution in [3.63, 3.8) is 0 Å². The van der Waals surface area contributed by atoms with Gasteiger partial charge in [-0.1, -0.05) is 31.9 Å². The highest BCUT2D eigenvalue weighted by atomic mass is 16.2. The van der Waals surface area contributed by atoms with Crippen LogP contribution < -0.4 is 16.6 Å². The number of benzene rings is 1. The summed E-state index contributed by atoms with van der Waals surface area (Å²) in [6, 6.07) is 9.36. The van der Waals surface area contributed by atoms with E-state index in [9.17, 15) is 14.4 Å². The van der Waals surface area contributed by atoms with Crippen molar-refractivity contribution in [2.24, 2.45) is 0 Å². The Morgan fingerprint density at radius 3 is 2.66 bits per heavy atom. The predicted octanol–water partition coefficient (Wildman–Crippen LogP) is 3.40. The molecule has 0 saturated heterocycles. The van der Waals surface area contributed by atoms with Crippen molar-refractivity contribution in [3.8, 4) is 0 Å². The molecule has 0 unspecified atom stereocenters. The first kappa shape index (κ1) is 19.1. The maximum absolute atomic E-state index is 12.6. The van der Waals surface area contributed by atoms with Gasteiger partial charge in [-0.2, -0.15) is 0 Å². The third kappa shape index (κ3) is 4.13. The fourth-order valence-electron chi connectivity index (χ4n) is 3.47. The van der Waals surface area contributed by atoms with E-state index >= 15 is 0 Å². The molecule has 1 fully saturated rings. The lowest BCUT2D eigenvalue weighted by Gasteiger charge is -2.09. The van der Waals surface area contributed by atoms with Gasteiger partial charge in [0.2, 0.25) is 0 Å². The van der Waals surface area contributed by atoms with Gasteiger partial charge in [-0.15, -0.1) is 0 Å². The lowest BCUT2D eigenvalue weighted by atomic mass is 10.1. The molecule has 0 aliphatic heterocycles. The van der Waals surface area contributed by atoms with Gasteiger partial charge in [0.1, 0.15) is 5.65 Å². The van der Waals surface area contributed by atoms with E-state index in [1.807, 2.05) is 24.3 Å². The minimum atomic E-state index is -0.527. The minimum absolute atomic E-state index is 0.0740. The van der Waals surface area contributed by atoms with E-state index < -0.39 is 11.2 Å². The number of carbonyl (C=O) groups is 1. The zero-order valence-corrected chi connectivity index (χ0v) is 16.4. The van der Waals surface area contributed by atoms with Crippen molar-refractivity contribution < 1.29 is 4.79 Å². The topological polar surface area (TPSA) is 96.8 Å². The lowest BCUT2D eigenvalue weighted by Crippen LogP contribution is -2.30. The number of amides is 1. The molecule has 4 rings (SSSR count). The molecule has 1 amide bonds. The Morgan fingerprint density at radius 2 is 1.97 bits per heavy atom. The third-order valence-electron chi connectivity index (χ3n) is 5.23. The number of aryl methyl sites for hydroxylation is 1. The first-order valence-corrected chi connectivity index (χ1v) is 10.1. The number of aromatic nitrogens is 3. The first-order chi connectivity index (χ1) is 14.1. The van der Waals surface area contributed by atoms with Crippen molar-refractivity contribution in [1.29, 1.82) is 0 Å². The molecule has 2 N–H and O–H groups in total. The van der Waals surface area contributed by atoms with Crippen LogP contribution in [0.15, 0.2) is 46.1 Å². The molecule has 150 valence electrons. The van der Waals surface area contributed by atoms with Gasteiger partial charge in [0.05, 0.1) is 10.9 Å². The van der Waals surface area contributed by atoms with Crippen LogP contribution in [0.4, 0.5) is 5.69 Å². The van der Waals surface area contributed by atoms with Gasteiger partial charge in [-0.05, 0) is 49.4 Å². The van der Waals surface area contributed by atoms with E-state index in [4.69, 9.17) is 0 Å². The Bertz CT molecular complexity index is 1160. The summed E-state index contributed by atoms with van der Waals surface area (Å²) >= 11 is 0. The van der Waals surface area contributed by atoms with E-state index in [0.29, 0.717) is 11.3 Å². The molecule has 7 heteroatoms. The normalized spacial score (nSPS) is 13.6. The van der Waals surface area contributed by atoms with Crippen molar-refractivity contribution in [2.75, 3.05) is 5.32 Å². The second kappa shape index (κ2) is 8.03. The van der Waals surface area contributed by atoms with Gasteiger partial charge in [0.15, 0.2) is 0 Å².